The molecule has 8 nitrogen and oxygen atoms in total. The van der Waals surface area contributed by atoms with Gasteiger partial charge in [-0.3, -0.25) is 0 Å². The average Bonchev–Trinajstić information content (AvgIpc) is 3.10. The van der Waals surface area contributed by atoms with Crippen molar-refractivity contribution in [3.05, 3.63) is 30.7 Å². The lowest BCUT2D eigenvalue weighted by atomic mass is 10.5. The summed E-state index contributed by atoms with van der Waals surface area (Å²) in [5.74, 6) is -0.875. The molecule has 0 aliphatic carbocycles. The third-order valence-corrected chi connectivity index (χ3v) is 2.06. The monoisotopic (exact) mass is 247 g/mol. The van der Waals surface area contributed by atoms with E-state index in [0.29, 0.717) is 5.69 Å². The topological polar surface area (TPSA) is 115 Å². The van der Waals surface area contributed by atoms with E-state index in [1.165, 1.54) is 18.7 Å². The SMILES string of the molecule is O=C(O)c1coc(-c2nc(-c3ncco3)co2)n1. The molecule has 90 valence electrons. The molecule has 8 heteroatoms. The summed E-state index contributed by atoms with van der Waals surface area (Å²) in [6, 6.07) is 0. The Hall–Kier alpha value is -2.90. The number of rotatable bonds is 3. The van der Waals surface area contributed by atoms with Crippen LogP contribution in [0.4, 0.5) is 0 Å². The normalized spacial score (nSPS) is 10.7. The number of carbonyl (C=O) groups is 1. The Morgan fingerprint density at radius 1 is 1.06 bits per heavy atom. The minimum atomic E-state index is -1.19. The van der Waals surface area contributed by atoms with Gasteiger partial charge in [0.1, 0.15) is 18.8 Å². The molecule has 3 aromatic heterocycles. The minimum absolute atomic E-state index is 0.0230. The van der Waals surface area contributed by atoms with Crippen molar-refractivity contribution in [2.24, 2.45) is 0 Å². The number of aromatic carboxylic acids is 1. The molecule has 0 aliphatic heterocycles. The number of oxazole rings is 3. The third kappa shape index (κ3) is 1.65. The Balaban J connectivity index is 1.95. The van der Waals surface area contributed by atoms with E-state index in [0.717, 1.165) is 6.26 Å². The molecule has 18 heavy (non-hydrogen) atoms. The first-order chi connectivity index (χ1) is 8.74. The quantitative estimate of drug-likeness (QED) is 0.743. The zero-order valence-electron chi connectivity index (χ0n) is 8.73. The predicted octanol–water partition coefficient (Wildman–Crippen LogP) is 1.68. The predicted molar refractivity (Wildman–Crippen MR) is 54.5 cm³/mol. The molecule has 0 amide bonds. The summed E-state index contributed by atoms with van der Waals surface area (Å²) >= 11 is 0. The Kier molecular flexibility index (Phi) is 2.19. The molecule has 0 aliphatic rings. The van der Waals surface area contributed by atoms with E-state index in [-0.39, 0.29) is 23.4 Å². The molecule has 0 radical (unpaired) electrons. The fraction of sp³-hybridized carbons (Fsp3) is 0. The van der Waals surface area contributed by atoms with Crippen LogP contribution in [0, 0.1) is 0 Å². The van der Waals surface area contributed by atoms with Gasteiger partial charge in [0.05, 0.1) is 6.20 Å². The van der Waals surface area contributed by atoms with Gasteiger partial charge in [0.25, 0.3) is 11.8 Å². The molecule has 0 spiro atoms. The zero-order chi connectivity index (χ0) is 12.5. The van der Waals surface area contributed by atoms with Crippen molar-refractivity contribution >= 4 is 5.97 Å². The van der Waals surface area contributed by atoms with Gasteiger partial charge in [0.2, 0.25) is 5.89 Å². The van der Waals surface area contributed by atoms with Crippen molar-refractivity contribution < 1.29 is 23.2 Å². The van der Waals surface area contributed by atoms with Gasteiger partial charge in [-0.25, -0.2) is 9.78 Å². The first kappa shape index (κ1) is 10.3. The molecule has 3 aromatic rings. The minimum Gasteiger partial charge on any atom is -0.476 e. The average molecular weight is 247 g/mol. The number of hydrogen-bond acceptors (Lipinski definition) is 7. The van der Waals surface area contributed by atoms with Crippen molar-refractivity contribution in [1.29, 1.82) is 0 Å². The molecule has 0 bridgehead atoms. The second-order valence-electron chi connectivity index (χ2n) is 3.22. The van der Waals surface area contributed by atoms with Crippen LogP contribution >= 0.6 is 0 Å². The van der Waals surface area contributed by atoms with E-state index >= 15 is 0 Å². The zero-order valence-corrected chi connectivity index (χ0v) is 8.73. The smallest absolute Gasteiger partial charge is 0.357 e. The van der Waals surface area contributed by atoms with Gasteiger partial charge in [-0.05, 0) is 0 Å². The Morgan fingerprint density at radius 2 is 1.83 bits per heavy atom. The number of hydrogen-bond donors (Lipinski definition) is 1. The first-order valence-corrected chi connectivity index (χ1v) is 4.78. The van der Waals surface area contributed by atoms with Gasteiger partial charge >= 0.3 is 5.97 Å². The van der Waals surface area contributed by atoms with Crippen molar-refractivity contribution in [3.63, 3.8) is 0 Å². The standard InChI is InChI=1S/C10H5N3O5/c14-10(15)6-4-18-9(13-6)8-12-5(3-17-8)7-11-1-2-16-7/h1-4H,(H,14,15). The number of aromatic nitrogens is 3. The van der Waals surface area contributed by atoms with Crippen LogP contribution in [0.5, 0.6) is 0 Å². The molecule has 0 aromatic carbocycles. The fourth-order valence-electron chi connectivity index (χ4n) is 1.29. The highest BCUT2D eigenvalue weighted by molar-refractivity contribution is 5.85. The summed E-state index contributed by atoms with van der Waals surface area (Å²) in [5.41, 5.74) is 0.144. The van der Waals surface area contributed by atoms with E-state index in [9.17, 15) is 4.79 Å². The Bertz CT molecular complexity index is 682. The highest BCUT2D eigenvalue weighted by Crippen LogP contribution is 2.22. The lowest BCUT2D eigenvalue weighted by molar-refractivity contribution is 0.0690. The summed E-state index contributed by atoms with van der Waals surface area (Å²) in [4.78, 5) is 22.3. The summed E-state index contributed by atoms with van der Waals surface area (Å²) in [5, 5.41) is 8.70. The van der Waals surface area contributed by atoms with E-state index in [4.69, 9.17) is 18.4 Å². The van der Waals surface area contributed by atoms with Crippen LogP contribution in [0.3, 0.4) is 0 Å². The van der Waals surface area contributed by atoms with Crippen LogP contribution < -0.4 is 0 Å². The molecule has 1 N–H and O–H groups in total. The van der Waals surface area contributed by atoms with Crippen molar-refractivity contribution in [2.75, 3.05) is 0 Å². The molecular formula is C10H5N3O5. The van der Waals surface area contributed by atoms with Gasteiger partial charge < -0.3 is 18.4 Å². The molecule has 0 atom stereocenters. The van der Waals surface area contributed by atoms with Crippen LogP contribution in [0.15, 0.2) is 38.2 Å². The van der Waals surface area contributed by atoms with Crippen LogP contribution in [-0.4, -0.2) is 26.0 Å². The van der Waals surface area contributed by atoms with Gasteiger partial charge in [-0.15, -0.1) is 0 Å². The van der Waals surface area contributed by atoms with Crippen molar-refractivity contribution in [3.8, 4) is 23.4 Å². The van der Waals surface area contributed by atoms with Gasteiger partial charge in [0, 0.05) is 0 Å². The molecular weight excluding hydrogens is 242 g/mol. The molecule has 0 unspecified atom stereocenters. The summed E-state index contributed by atoms with van der Waals surface area (Å²) < 4.78 is 15.1. The summed E-state index contributed by atoms with van der Waals surface area (Å²) in [6.45, 7) is 0. The van der Waals surface area contributed by atoms with Crippen LogP contribution in [0.25, 0.3) is 23.4 Å². The number of carboxylic acids is 1. The Labute approximate surface area is 98.9 Å². The van der Waals surface area contributed by atoms with Crippen LogP contribution in [0.2, 0.25) is 0 Å². The lowest BCUT2D eigenvalue weighted by Crippen LogP contribution is -1.95. The number of nitrogens with zero attached hydrogens (tertiary/aromatic N) is 3. The maximum Gasteiger partial charge on any atom is 0.357 e. The second kappa shape index (κ2) is 3.84. The second-order valence-corrected chi connectivity index (χ2v) is 3.22. The fourth-order valence-corrected chi connectivity index (χ4v) is 1.29. The van der Waals surface area contributed by atoms with E-state index < -0.39 is 5.97 Å². The van der Waals surface area contributed by atoms with Crippen LogP contribution in [0.1, 0.15) is 10.5 Å². The van der Waals surface area contributed by atoms with Gasteiger partial charge in [-0.2, -0.15) is 9.97 Å². The third-order valence-electron chi connectivity index (χ3n) is 2.06. The van der Waals surface area contributed by atoms with Crippen molar-refractivity contribution in [2.45, 2.75) is 0 Å². The highest BCUT2D eigenvalue weighted by atomic mass is 16.4. The van der Waals surface area contributed by atoms with Crippen molar-refractivity contribution in [1.82, 2.24) is 15.0 Å². The molecule has 0 saturated carbocycles. The molecule has 0 saturated heterocycles. The maximum absolute atomic E-state index is 10.6. The Morgan fingerprint density at radius 3 is 2.50 bits per heavy atom. The van der Waals surface area contributed by atoms with Gasteiger partial charge in [0.15, 0.2) is 11.4 Å². The highest BCUT2D eigenvalue weighted by Gasteiger charge is 2.18. The lowest BCUT2D eigenvalue weighted by Gasteiger charge is -1.84. The molecule has 0 fully saturated rings. The van der Waals surface area contributed by atoms with Gasteiger partial charge in [-0.1, -0.05) is 0 Å². The first-order valence-electron chi connectivity index (χ1n) is 4.78. The van der Waals surface area contributed by atoms with E-state index in [2.05, 4.69) is 15.0 Å². The molecule has 3 heterocycles. The van der Waals surface area contributed by atoms with E-state index in [1.54, 1.807) is 0 Å². The molecule has 3 rings (SSSR count). The van der Waals surface area contributed by atoms with E-state index in [1.807, 2.05) is 0 Å². The largest absolute Gasteiger partial charge is 0.476 e. The number of carboxylic acid groups (broad SMARTS) is 1. The summed E-state index contributed by atoms with van der Waals surface area (Å²) in [7, 11) is 0. The maximum atomic E-state index is 10.6. The van der Waals surface area contributed by atoms with Crippen LogP contribution in [-0.2, 0) is 0 Å². The summed E-state index contributed by atoms with van der Waals surface area (Å²) in [6.07, 6.45) is 5.19.